The van der Waals surface area contributed by atoms with Crippen LogP contribution < -0.4 is 4.74 Å². The van der Waals surface area contributed by atoms with Crippen LogP contribution in [0.1, 0.15) is 18.9 Å². The average molecular weight is 186 g/mol. The Hall–Kier alpha value is -2.00. The van der Waals surface area contributed by atoms with Gasteiger partial charge in [-0.3, -0.25) is 0 Å². The molecule has 0 bridgehead atoms. The van der Waals surface area contributed by atoms with Crippen LogP contribution in [0.3, 0.4) is 0 Å². The van der Waals surface area contributed by atoms with Crippen molar-refractivity contribution in [1.82, 2.24) is 0 Å². The normalized spacial score (nSPS) is 11.1. The topological polar surface area (TPSA) is 56.8 Å². The van der Waals surface area contributed by atoms with Crippen molar-refractivity contribution in [2.75, 3.05) is 0 Å². The van der Waals surface area contributed by atoms with Crippen LogP contribution in [0.15, 0.2) is 24.3 Å². The molecular weight excluding hydrogens is 176 g/mol. The number of hydrogen-bond acceptors (Lipinski definition) is 3. The van der Waals surface area contributed by atoms with Crippen LogP contribution in [0.5, 0.6) is 5.75 Å². The number of nitrogens with zero attached hydrogens (tertiary/aromatic N) is 2. The molecule has 0 aliphatic heterocycles. The van der Waals surface area contributed by atoms with E-state index in [0.29, 0.717) is 17.7 Å². The minimum Gasteiger partial charge on any atom is -0.474 e. The molecule has 0 amide bonds. The van der Waals surface area contributed by atoms with Crippen LogP contribution in [-0.4, -0.2) is 6.10 Å². The van der Waals surface area contributed by atoms with Crippen molar-refractivity contribution in [3.8, 4) is 17.9 Å². The van der Waals surface area contributed by atoms with Crippen molar-refractivity contribution in [1.29, 1.82) is 10.5 Å². The first-order valence-electron chi connectivity index (χ1n) is 4.37. The molecule has 1 aromatic carbocycles. The predicted octanol–water partition coefficient (Wildman–Crippen LogP) is 2.24. The highest BCUT2D eigenvalue weighted by Gasteiger charge is 2.08. The molecule has 1 unspecified atom stereocenters. The molecule has 0 fully saturated rings. The SMILES string of the molecule is CCC(C#N)Oc1ccccc1C#N. The summed E-state index contributed by atoms with van der Waals surface area (Å²) in [6.45, 7) is 1.86. The fourth-order valence-corrected chi connectivity index (χ4v) is 1.02. The van der Waals surface area contributed by atoms with Gasteiger partial charge in [0.1, 0.15) is 17.9 Å². The number of ether oxygens (including phenoxy) is 1. The van der Waals surface area contributed by atoms with Gasteiger partial charge in [0.2, 0.25) is 0 Å². The Balaban J connectivity index is 2.87. The summed E-state index contributed by atoms with van der Waals surface area (Å²) in [5.41, 5.74) is 0.459. The predicted molar refractivity (Wildman–Crippen MR) is 51.5 cm³/mol. The minimum absolute atomic E-state index is 0.459. The number of para-hydroxylation sites is 1. The van der Waals surface area contributed by atoms with Crippen molar-refractivity contribution in [3.63, 3.8) is 0 Å². The molecule has 0 aliphatic rings. The molecule has 0 spiro atoms. The molecule has 0 aliphatic carbocycles. The Kier molecular flexibility index (Phi) is 3.52. The van der Waals surface area contributed by atoms with E-state index >= 15 is 0 Å². The molecule has 3 heteroatoms. The maximum Gasteiger partial charge on any atom is 0.184 e. The summed E-state index contributed by atoms with van der Waals surface area (Å²) < 4.78 is 5.35. The molecule has 0 saturated heterocycles. The number of nitriles is 2. The molecule has 14 heavy (non-hydrogen) atoms. The molecule has 70 valence electrons. The van der Waals surface area contributed by atoms with Gasteiger partial charge in [-0.15, -0.1) is 0 Å². The van der Waals surface area contributed by atoms with E-state index in [-0.39, 0.29) is 0 Å². The van der Waals surface area contributed by atoms with E-state index in [1.165, 1.54) is 0 Å². The molecular formula is C11H10N2O. The lowest BCUT2D eigenvalue weighted by atomic mass is 10.2. The van der Waals surface area contributed by atoms with Crippen LogP contribution >= 0.6 is 0 Å². The van der Waals surface area contributed by atoms with Crippen molar-refractivity contribution >= 4 is 0 Å². The highest BCUT2D eigenvalue weighted by molar-refractivity contribution is 5.42. The summed E-state index contributed by atoms with van der Waals surface area (Å²) in [5, 5.41) is 17.5. The van der Waals surface area contributed by atoms with Crippen LogP contribution in [0.4, 0.5) is 0 Å². The summed E-state index contributed by atoms with van der Waals surface area (Å²) >= 11 is 0. The smallest absolute Gasteiger partial charge is 0.184 e. The van der Waals surface area contributed by atoms with E-state index in [2.05, 4.69) is 0 Å². The number of hydrogen-bond donors (Lipinski definition) is 0. The Labute approximate surface area is 83.2 Å². The van der Waals surface area contributed by atoms with E-state index in [4.69, 9.17) is 15.3 Å². The lowest BCUT2D eigenvalue weighted by Gasteiger charge is -2.10. The first-order chi connectivity index (χ1) is 6.81. The molecule has 1 atom stereocenters. The molecule has 3 nitrogen and oxygen atoms in total. The van der Waals surface area contributed by atoms with E-state index in [0.717, 1.165) is 0 Å². The van der Waals surface area contributed by atoms with Crippen molar-refractivity contribution in [2.24, 2.45) is 0 Å². The Morgan fingerprint density at radius 1 is 1.36 bits per heavy atom. The quantitative estimate of drug-likeness (QED) is 0.727. The standard InChI is InChI=1S/C11H10N2O/c1-2-10(8-13)14-11-6-4-3-5-9(11)7-12/h3-6,10H,2H2,1H3. The monoisotopic (exact) mass is 186 g/mol. The fourth-order valence-electron chi connectivity index (χ4n) is 1.02. The van der Waals surface area contributed by atoms with Crippen molar-refractivity contribution < 1.29 is 4.74 Å². The largest absolute Gasteiger partial charge is 0.474 e. The lowest BCUT2D eigenvalue weighted by molar-refractivity contribution is 0.251. The second-order valence-corrected chi connectivity index (χ2v) is 2.75. The summed E-state index contributed by atoms with van der Waals surface area (Å²) in [7, 11) is 0. The first-order valence-corrected chi connectivity index (χ1v) is 4.37. The average Bonchev–Trinajstić information content (AvgIpc) is 2.26. The van der Waals surface area contributed by atoms with E-state index in [1.807, 2.05) is 19.1 Å². The van der Waals surface area contributed by atoms with Crippen LogP contribution in [-0.2, 0) is 0 Å². The van der Waals surface area contributed by atoms with E-state index in [9.17, 15) is 0 Å². The number of benzene rings is 1. The second-order valence-electron chi connectivity index (χ2n) is 2.75. The lowest BCUT2D eigenvalue weighted by Crippen LogP contribution is -2.12. The zero-order valence-corrected chi connectivity index (χ0v) is 7.90. The molecule has 0 aromatic heterocycles. The molecule has 0 radical (unpaired) electrons. The summed E-state index contributed by atoms with van der Waals surface area (Å²) in [6.07, 6.45) is 0.125. The fraction of sp³-hybridized carbons (Fsp3) is 0.273. The van der Waals surface area contributed by atoms with Gasteiger partial charge in [-0.05, 0) is 18.6 Å². The van der Waals surface area contributed by atoms with Gasteiger partial charge in [0.25, 0.3) is 0 Å². The van der Waals surface area contributed by atoms with Gasteiger partial charge >= 0.3 is 0 Å². The highest BCUT2D eigenvalue weighted by atomic mass is 16.5. The van der Waals surface area contributed by atoms with E-state index in [1.54, 1.807) is 24.3 Å². The minimum atomic E-state index is -0.482. The molecule has 0 saturated carbocycles. The maximum atomic E-state index is 8.76. The number of rotatable bonds is 3. The summed E-state index contributed by atoms with van der Waals surface area (Å²) in [5.74, 6) is 0.475. The maximum absolute atomic E-state index is 8.76. The summed E-state index contributed by atoms with van der Waals surface area (Å²) in [6, 6.07) is 10.9. The second kappa shape index (κ2) is 4.89. The van der Waals surface area contributed by atoms with Gasteiger partial charge < -0.3 is 4.74 Å². The third-order valence-electron chi connectivity index (χ3n) is 1.79. The zero-order chi connectivity index (χ0) is 10.4. The third-order valence-corrected chi connectivity index (χ3v) is 1.79. The summed E-state index contributed by atoms with van der Waals surface area (Å²) in [4.78, 5) is 0. The first kappa shape index (κ1) is 10.1. The zero-order valence-electron chi connectivity index (χ0n) is 7.90. The van der Waals surface area contributed by atoms with Crippen LogP contribution in [0.2, 0.25) is 0 Å². The molecule has 0 N–H and O–H groups in total. The highest BCUT2D eigenvalue weighted by Crippen LogP contribution is 2.18. The van der Waals surface area contributed by atoms with Crippen molar-refractivity contribution in [3.05, 3.63) is 29.8 Å². The molecule has 0 heterocycles. The van der Waals surface area contributed by atoms with Gasteiger partial charge in [0.05, 0.1) is 5.56 Å². The molecule has 1 aromatic rings. The van der Waals surface area contributed by atoms with Gasteiger partial charge in [0, 0.05) is 0 Å². The Bertz CT molecular complexity index is 387. The van der Waals surface area contributed by atoms with Gasteiger partial charge in [0.15, 0.2) is 6.10 Å². The van der Waals surface area contributed by atoms with Crippen molar-refractivity contribution in [2.45, 2.75) is 19.4 Å². The van der Waals surface area contributed by atoms with Gasteiger partial charge in [-0.25, -0.2) is 0 Å². The van der Waals surface area contributed by atoms with Crippen LogP contribution in [0, 0.1) is 22.7 Å². The van der Waals surface area contributed by atoms with Gasteiger partial charge in [-0.1, -0.05) is 19.1 Å². The van der Waals surface area contributed by atoms with Gasteiger partial charge in [-0.2, -0.15) is 10.5 Å². The Morgan fingerprint density at radius 3 is 2.64 bits per heavy atom. The third kappa shape index (κ3) is 2.24. The van der Waals surface area contributed by atoms with E-state index < -0.39 is 6.10 Å². The Morgan fingerprint density at radius 2 is 2.07 bits per heavy atom. The van der Waals surface area contributed by atoms with Crippen LogP contribution in [0.25, 0.3) is 0 Å². The molecule has 1 rings (SSSR count).